The van der Waals surface area contributed by atoms with E-state index in [1.807, 2.05) is 0 Å². The van der Waals surface area contributed by atoms with E-state index in [9.17, 15) is 0 Å². The maximum atomic E-state index is 5.12. The molecule has 1 N–H and O–H groups in total. The molecule has 0 bridgehead atoms. The Morgan fingerprint density at radius 3 is 2.89 bits per heavy atom. The Labute approximate surface area is 116 Å². The molecule has 1 aliphatic heterocycles. The van der Waals surface area contributed by atoms with Crippen molar-refractivity contribution < 1.29 is 4.74 Å². The average Bonchev–Trinajstić information content (AvgIpc) is 2.70. The van der Waals surface area contributed by atoms with E-state index in [-0.39, 0.29) is 0 Å². The summed E-state index contributed by atoms with van der Waals surface area (Å²) in [5, 5.41) is 3.66. The number of nitrogens with zero attached hydrogens (tertiary/aromatic N) is 1. The molecule has 1 aliphatic rings. The van der Waals surface area contributed by atoms with Crippen molar-refractivity contribution in [2.45, 2.75) is 25.3 Å². The molecule has 1 saturated heterocycles. The van der Waals surface area contributed by atoms with Crippen LogP contribution in [0.5, 0.6) is 0 Å². The van der Waals surface area contributed by atoms with Crippen LogP contribution in [-0.4, -0.2) is 44.8 Å². The lowest BCUT2D eigenvalue weighted by atomic mass is 10.1. The zero-order valence-corrected chi connectivity index (χ0v) is 12.0. The highest BCUT2D eigenvalue weighted by Crippen LogP contribution is 2.17. The Bertz CT molecular complexity index is 342. The van der Waals surface area contributed by atoms with Crippen molar-refractivity contribution in [2.24, 2.45) is 0 Å². The SMILES string of the molecule is COCCCCN1CCCNC(c2ccccc2)C1. The van der Waals surface area contributed by atoms with Gasteiger partial charge in [0.25, 0.3) is 0 Å². The molecule has 3 heteroatoms. The van der Waals surface area contributed by atoms with Crippen LogP contribution in [0.2, 0.25) is 0 Å². The number of hydrogen-bond donors (Lipinski definition) is 1. The Hall–Kier alpha value is -0.900. The van der Waals surface area contributed by atoms with Crippen molar-refractivity contribution in [2.75, 3.05) is 39.9 Å². The number of hydrogen-bond acceptors (Lipinski definition) is 3. The van der Waals surface area contributed by atoms with Gasteiger partial charge in [-0.25, -0.2) is 0 Å². The predicted octanol–water partition coefficient (Wildman–Crippen LogP) is 2.45. The largest absolute Gasteiger partial charge is 0.385 e. The lowest BCUT2D eigenvalue weighted by Gasteiger charge is -2.24. The van der Waals surface area contributed by atoms with Crippen LogP contribution in [0.4, 0.5) is 0 Å². The first-order chi connectivity index (χ1) is 9.40. The van der Waals surface area contributed by atoms with E-state index in [1.54, 1.807) is 7.11 Å². The molecular weight excluding hydrogens is 236 g/mol. The van der Waals surface area contributed by atoms with Crippen LogP contribution in [0.25, 0.3) is 0 Å². The maximum absolute atomic E-state index is 5.12. The van der Waals surface area contributed by atoms with Crippen molar-refractivity contribution in [1.29, 1.82) is 0 Å². The van der Waals surface area contributed by atoms with Crippen LogP contribution in [0, 0.1) is 0 Å². The molecule has 1 unspecified atom stereocenters. The Balaban J connectivity index is 1.84. The van der Waals surface area contributed by atoms with Crippen molar-refractivity contribution in [3.8, 4) is 0 Å². The Kier molecular flexibility index (Phi) is 6.34. The van der Waals surface area contributed by atoms with Crippen molar-refractivity contribution >= 4 is 0 Å². The molecule has 1 aromatic carbocycles. The summed E-state index contributed by atoms with van der Waals surface area (Å²) in [6, 6.07) is 11.3. The molecule has 1 heterocycles. The minimum atomic E-state index is 0.478. The molecule has 1 atom stereocenters. The van der Waals surface area contributed by atoms with Gasteiger partial charge in [0.15, 0.2) is 0 Å². The van der Waals surface area contributed by atoms with E-state index in [1.165, 1.54) is 31.5 Å². The quantitative estimate of drug-likeness (QED) is 0.797. The third-order valence-corrected chi connectivity index (χ3v) is 3.76. The van der Waals surface area contributed by atoms with Gasteiger partial charge in [-0.1, -0.05) is 30.3 Å². The molecule has 2 rings (SSSR count). The molecule has 0 aromatic heterocycles. The molecule has 1 fully saturated rings. The summed E-state index contributed by atoms with van der Waals surface area (Å²) >= 11 is 0. The molecule has 0 aliphatic carbocycles. The molecular formula is C16H26N2O. The van der Waals surface area contributed by atoms with E-state index < -0.39 is 0 Å². The summed E-state index contributed by atoms with van der Waals surface area (Å²) < 4.78 is 5.12. The van der Waals surface area contributed by atoms with Gasteiger partial charge in [-0.3, -0.25) is 0 Å². The summed E-state index contributed by atoms with van der Waals surface area (Å²) in [4.78, 5) is 2.59. The Morgan fingerprint density at radius 2 is 2.11 bits per heavy atom. The average molecular weight is 262 g/mol. The minimum Gasteiger partial charge on any atom is -0.385 e. The fourth-order valence-electron chi connectivity index (χ4n) is 2.69. The minimum absolute atomic E-state index is 0.478. The maximum Gasteiger partial charge on any atom is 0.0462 e. The molecule has 106 valence electrons. The molecule has 3 nitrogen and oxygen atoms in total. The fraction of sp³-hybridized carbons (Fsp3) is 0.625. The van der Waals surface area contributed by atoms with E-state index in [0.717, 1.165) is 26.1 Å². The van der Waals surface area contributed by atoms with E-state index in [2.05, 4.69) is 40.5 Å². The van der Waals surface area contributed by atoms with Crippen molar-refractivity contribution in [3.63, 3.8) is 0 Å². The summed E-state index contributed by atoms with van der Waals surface area (Å²) in [6.45, 7) is 5.52. The summed E-state index contributed by atoms with van der Waals surface area (Å²) in [6.07, 6.45) is 3.64. The molecule has 0 radical (unpaired) electrons. The van der Waals surface area contributed by atoms with Gasteiger partial charge in [0.2, 0.25) is 0 Å². The number of nitrogens with one attached hydrogen (secondary N) is 1. The highest BCUT2D eigenvalue weighted by molar-refractivity contribution is 5.19. The second-order valence-electron chi connectivity index (χ2n) is 5.27. The Morgan fingerprint density at radius 1 is 1.26 bits per heavy atom. The van der Waals surface area contributed by atoms with E-state index in [0.29, 0.717) is 6.04 Å². The lowest BCUT2D eigenvalue weighted by molar-refractivity contribution is 0.183. The summed E-state index contributed by atoms with van der Waals surface area (Å²) in [5.41, 5.74) is 1.41. The molecule has 1 aromatic rings. The summed E-state index contributed by atoms with van der Waals surface area (Å²) in [5.74, 6) is 0. The number of rotatable bonds is 6. The van der Waals surface area contributed by atoms with Gasteiger partial charge < -0.3 is 15.0 Å². The van der Waals surface area contributed by atoms with E-state index >= 15 is 0 Å². The van der Waals surface area contributed by atoms with Crippen LogP contribution in [0.15, 0.2) is 30.3 Å². The topological polar surface area (TPSA) is 24.5 Å². The standard InChI is InChI=1S/C16H26N2O/c1-19-13-6-5-11-18-12-7-10-17-16(14-18)15-8-3-2-4-9-15/h2-4,8-9,16-17H,5-7,10-14H2,1H3. The van der Waals surface area contributed by atoms with Gasteiger partial charge in [0.05, 0.1) is 0 Å². The molecule has 0 amide bonds. The first-order valence-corrected chi connectivity index (χ1v) is 7.40. The van der Waals surface area contributed by atoms with Crippen LogP contribution in [-0.2, 0) is 4.74 Å². The van der Waals surface area contributed by atoms with Crippen LogP contribution in [0.1, 0.15) is 30.9 Å². The van der Waals surface area contributed by atoms with Gasteiger partial charge in [0, 0.05) is 26.3 Å². The lowest BCUT2D eigenvalue weighted by Crippen LogP contribution is -2.32. The predicted molar refractivity (Wildman–Crippen MR) is 79.4 cm³/mol. The van der Waals surface area contributed by atoms with Crippen molar-refractivity contribution in [1.82, 2.24) is 10.2 Å². The van der Waals surface area contributed by atoms with Gasteiger partial charge in [-0.2, -0.15) is 0 Å². The highest BCUT2D eigenvalue weighted by atomic mass is 16.5. The third kappa shape index (κ3) is 4.94. The first kappa shape index (κ1) is 14.5. The number of methoxy groups -OCH3 is 1. The highest BCUT2D eigenvalue weighted by Gasteiger charge is 2.18. The number of unbranched alkanes of at least 4 members (excludes halogenated alkanes) is 1. The van der Waals surface area contributed by atoms with Crippen molar-refractivity contribution in [3.05, 3.63) is 35.9 Å². The number of ether oxygens (including phenoxy) is 1. The molecule has 0 saturated carbocycles. The van der Waals surface area contributed by atoms with E-state index in [4.69, 9.17) is 4.74 Å². The summed E-state index contributed by atoms with van der Waals surface area (Å²) in [7, 11) is 1.78. The van der Waals surface area contributed by atoms with Crippen LogP contribution >= 0.6 is 0 Å². The second kappa shape index (κ2) is 8.31. The fourth-order valence-corrected chi connectivity index (χ4v) is 2.69. The number of benzene rings is 1. The monoisotopic (exact) mass is 262 g/mol. The molecule has 19 heavy (non-hydrogen) atoms. The van der Waals surface area contributed by atoms with Crippen LogP contribution in [0.3, 0.4) is 0 Å². The smallest absolute Gasteiger partial charge is 0.0462 e. The van der Waals surface area contributed by atoms with Crippen LogP contribution < -0.4 is 5.32 Å². The third-order valence-electron chi connectivity index (χ3n) is 3.76. The zero-order valence-electron chi connectivity index (χ0n) is 12.0. The molecule has 0 spiro atoms. The first-order valence-electron chi connectivity index (χ1n) is 7.40. The second-order valence-corrected chi connectivity index (χ2v) is 5.27. The van der Waals surface area contributed by atoms with Gasteiger partial charge in [0.1, 0.15) is 0 Å². The van der Waals surface area contributed by atoms with Gasteiger partial charge in [-0.15, -0.1) is 0 Å². The zero-order chi connectivity index (χ0) is 13.3. The normalized spacial score (nSPS) is 21.2. The van der Waals surface area contributed by atoms with Gasteiger partial charge in [-0.05, 0) is 44.5 Å². The van der Waals surface area contributed by atoms with Gasteiger partial charge >= 0.3 is 0 Å².